The number of carbonyl (C=O) groups is 1. The lowest BCUT2D eigenvalue weighted by Gasteiger charge is -2.44. The number of rotatable bonds is 11. The Balaban J connectivity index is 1.23. The molecule has 3 fully saturated rings. The number of ether oxygens (including phenoxy) is 1. The van der Waals surface area contributed by atoms with Crippen molar-refractivity contribution in [2.75, 3.05) is 31.6 Å². The minimum Gasteiger partial charge on any atom is -0.508 e. The van der Waals surface area contributed by atoms with Crippen molar-refractivity contribution < 1.29 is 28.5 Å². The van der Waals surface area contributed by atoms with Crippen molar-refractivity contribution >= 4 is 34.1 Å². The number of alkyl halides is 1. The van der Waals surface area contributed by atoms with E-state index in [0.717, 1.165) is 49.7 Å². The third-order valence-electron chi connectivity index (χ3n) is 12.4. The number of carbonyl (C=O) groups excluding carboxylic acids is 1. The summed E-state index contributed by atoms with van der Waals surface area (Å²) in [7, 11) is 0. The van der Waals surface area contributed by atoms with Gasteiger partial charge in [0.15, 0.2) is 0 Å². The van der Waals surface area contributed by atoms with Gasteiger partial charge in [0.25, 0.3) is 0 Å². The summed E-state index contributed by atoms with van der Waals surface area (Å²) in [5.74, 6) is 2.47. The van der Waals surface area contributed by atoms with E-state index >= 15 is 4.39 Å². The molecule has 2 saturated carbocycles. The molecule has 1 aliphatic heterocycles. The van der Waals surface area contributed by atoms with Crippen LogP contribution in [-0.4, -0.2) is 80.6 Å². The van der Waals surface area contributed by atoms with Crippen LogP contribution in [0.4, 0.5) is 14.6 Å². The predicted molar refractivity (Wildman–Crippen MR) is 207 cm³/mol. The van der Waals surface area contributed by atoms with Crippen molar-refractivity contribution in [1.29, 1.82) is 0 Å². The number of benzene rings is 2. The lowest BCUT2D eigenvalue weighted by molar-refractivity contribution is -0.116. The number of hydrogen-bond acceptors (Lipinski definition) is 8. The third-order valence-corrected chi connectivity index (χ3v) is 12.4. The zero-order chi connectivity index (χ0) is 38.3. The number of hydrogen-bond donors (Lipinski definition) is 4. The van der Waals surface area contributed by atoms with Gasteiger partial charge in [-0.25, -0.2) is 8.78 Å². The van der Waals surface area contributed by atoms with Gasteiger partial charge in [-0.05, 0) is 112 Å². The van der Waals surface area contributed by atoms with Gasteiger partial charge in [-0.1, -0.05) is 31.4 Å². The minimum absolute atomic E-state index is 0.0420. The molecule has 9 nitrogen and oxygen atoms in total. The van der Waals surface area contributed by atoms with Gasteiger partial charge in [-0.2, -0.15) is 9.97 Å². The van der Waals surface area contributed by atoms with Crippen molar-refractivity contribution in [1.82, 2.24) is 20.2 Å². The Morgan fingerprint density at radius 2 is 1.91 bits per heavy atom. The molecular formula is C43H51F2N5O4. The van der Waals surface area contributed by atoms with Crippen LogP contribution >= 0.6 is 0 Å². The number of anilines is 1. The van der Waals surface area contributed by atoms with Crippen LogP contribution in [0.2, 0.25) is 0 Å². The van der Waals surface area contributed by atoms with E-state index in [2.05, 4.69) is 28.0 Å². The van der Waals surface area contributed by atoms with E-state index in [4.69, 9.17) is 21.1 Å². The number of nitrogens with one attached hydrogen (secondary N) is 2. The quantitative estimate of drug-likeness (QED) is 0.122. The molecule has 0 unspecified atom stereocenters. The molecule has 1 amide bonds. The molecule has 286 valence electrons. The summed E-state index contributed by atoms with van der Waals surface area (Å²) in [4.78, 5) is 24.2. The second-order valence-corrected chi connectivity index (χ2v) is 16.5. The Hall–Kier alpha value is -4.53. The molecule has 2 aromatic carbocycles. The number of aliphatic hydroxyl groups is 1. The highest BCUT2D eigenvalue weighted by Gasteiger charge is 2.47. The summed E-state index contributed by atoms with van der Waals surface area (Å²) >= 11 is 0. The number of likely N-dealkylation sites (tertiary alicyclic amines) is 1. The highest BCUT2D eigenvalue weighted by Crippen LogP contribution is 2.43. The molecular weight excluding hydrogens is 688 g/mol. The first kappa shape index (κ1) is 37.8. The van der Waals surface area contributed by atoms with Gasteiger partial charge in [0.1, 0.15) is 30.2 Å². The Bertz CT molecular complexity index is 2010. The zero-order valence-electron chi connectivity index (χ0n) is 31.3. The van der Waals surface area contributed by atoms with Crippen LogP contribution in [0.1, 0.15) is 100 Å². The summed E-state index contributed by atoms with van der Waals surface area (Å²) in [5.41, 5.74) is 1.67. The number of nitrogens with zero attached hydrogens (tertiary/aromatic N) is 3. The molecule has 7 rings (SSSR count). The van der Waals surface area contributed by atoms with Gasteiger partial charge in [0, 0.05) is 48.5 Å². The fraction of sp³-hybridized carbons (Fsp3) is 0.512. The maximum atomic E-state index is 15.2. The highest BCUT2D eigenvalue weighted by molar-refractivity contribution is 6.02. The maximum Gasteiger partial charge on any atom is 0.318 e. The molecule has 3 aromatic rings. The van der Waals surface area contributed by atoms with Gasteiger partial charge in [0.05, 0.1) is 22.4 Å². The summed E-state index contributed by atoms with van der Waals surface area (Å²) in [5, 5.41) is 29.1. The maximum absolute atomic E-state index is 15.2. The number of terminal acetylenes is 1. The lowest BCUT2D eigenvalue weighted by atomic mass is 9.82. The molecule has 4 N–H and O–H groups in total. The largest absolute Gasteiger partial charge is 0.508 e. The number of fused-ring (bicyclic) bond motifs is 2. The molecule has 0 spiro atoms. The van der Waals surface area contributed by atoms with Crippen molar-refractivity contribution in [3.63, 3.8) is 0 Å². The normalized spacial score (nSPS) is 26.5. The van der Waals surface area contributed by atoms with Crippen molar-refractivity contribution in [3.05, 3.63) is 65.1 Å². The number of phenolic OH excluding ortho intramolecular Hbond substituents is 1. The molecule has 54 heavy (non-hydrogen) atoms. The number of aromatic hydroxyl groups is 1. The summed E-state index contributed by atoms with van der Waals surface area (Å²) in [6.45, 7) is 9.08. The van der Waals surface area contributed by atoms with Crippen LogP contribution in [0.5, 0.6) is 11.8 Å². The smallest absolute Gasteiger partial charge is 0.318 e. The second-order valence-electron chi connectivity index (χ2n) is 16.5. The molecule has 1 saturated heterocycles. The van der Waals surface area contributed by atoms with E-state index in [-0.39, 0.29) is 41.3 Å². The van der Waals surface area contributed by atoms with Gasteiger partial charge in [-0.15, -0.1) is 6.42 Å². The average molecular weight is 740 g/mol. The standard InChI is InChI=1S/C43H51F2N5O4/c1-5-32-35(45)12-10-28-19-31(51)21-34(38(28)32)27-9-11-33-36(20-27)48-40(49-39(33)47-25-43(15-7-8-16-43)24-46-37(52)6-2)54-26-41(3)22-29(44)23-50(41)30-13-17-42(4,53)18-14-30/h1,6,10,12,19-21,29-30,51,53H,2,7-9,11,13-18,22-26H2,3-4H3,(H,46,52)(H,47,48,49)/t29-,30?,41+,42?/m1/s1. The molecule has 11 heteroatoms. The number of aromatic nitrogens is 2. The van der Waals surface area contributed by atoms with E-state index in [1.54, 1.807) is 18.2 Å². The van der Waals surface area contributed by atoms with Crippen LogP contribution in [0.15, 0.2) is 36.9 Å². The Labute approximate surface area is 316 Å². The number of allylic oxidation sites excluding steroid dienone is 1. The zero-order valence-corrected chi connectivity index (χ0v) is 31.3. The molecule has 2 heterocycles. The monoisotopic (exact) mass is 739 g/mol. The average Bonchev–Trinajstić information content (AvgIpc) is 3.75. The van der Waals surface area contributed by atoms with Crippen LogP contribution in [0, 0.1) is 23.6 Å². The number of halogens is 2. The third kappa shape index (κ3) is 7.69. The first-order valence-electron chi connectivity index (χ1n) is 19.2. The molecule has 0 bridgehead atoms. The Morgan fingerprint density at radius 3 is 2.63 bits per heavy atom. The Kier molecular flexibility index (Phi) is 10.5. The van der Waals surface area contributed by atoms with Crippen molar-refractivity contribution in [2.45, 2.75) is 108 Å². The first-order valence-corrected chi connectivity index (χ1v) is 19.2. The van der Waals surface area contributed by atoms with E-state index in [0.29, 0.717) is 79.6 Å². The summed E-state index contributed by atoms with van der Waals surface area (Å²) in [6, 6.07) is 6.42. The number of amides is 1. The van der Waals surface area contributed by atoms with Crippen LogP contribution in [0.3, 0.4) is 0 Å². The molecule has 4 aliphatic rings. The summed E-state index contributed by atoms with van der Waals surface area (Å²) < 4.78 is 36.6. The molecule has 3 aliphatic carbocycles. The van der Waals surface area contributed by atoms with Gasteiger partial charge < -0.3 is 25.6 Å². The summed E-state index contributed by atoms with van der Waals surface area (Å²) in [6.07, 6.45) is 16.4. The van der Waals surface area contributed by atoms with E-state index in [1.165, 1.54) is 12.1 Å². The van der Waals surface area contributed by atoms with Crippen LogP contribution in [-0.2, 0) is 11.2 Å². The first-order chi connectivity index (χ1) is 25.8. The van der Waals surface area contributed by atoms with Gasteiger partial charge in [-0.3, -0.25) is 9.69 Å². The second kappa shape index (κ2) is 15.0. The van der Waals surface area contributed by atoms with Crippen molar-refractivity contribution in [3.8, 4) is 24.1 Å². The topological polar surface area (TPSA) is 120 Å². The fourth-order valence-electron chi connectivity index (χ4n) is 9.32. The van der Waals surface area contributed by atoms with E-state index < -0.39 is 23.1 Å². The number of phenols is 1. The van der Waals surface area contributed by atoms with Gasteiger partial charge in [0.2, 0.25) is 5.91 Å². The molecule has 2 atom stereocenters. The lowest BCUT2D eigenvalue weighted by Crippen LogP contribution is -2.53. The minimum atomic E-state index is -0.993. The predicted octanol–water partition coefficient (Wildman–Crippen LogP) is 7.09. The van der Waals surface area contributed by atoms with Crippen molar-refractivity contribution in [2.24, 2.45) is 5.41 Å². The van der Waals surface area contributed by atoms with Crippen LogP contribution < -0.4 is 15.4 Å². The SMILES string of the molecule is C#Cc1c(F)ccc2cc(O)cc(C3=Cc4nc(OC[C@]5(C)C[C@@H](F)CN5C5CCC(C)(O)CC5)nc(NCC5(CNC(=O)C=C)CCCC5)c4CC3)c12. The molecule has 0 radical (unpaired) electrons. The van der Waals surface area contributed by atoms with E-state index in [1.807, 2.05) is 19.9 Å². The Morgan fingerprint density at radius 1 is 1.15 bits per heavy atom. The fourth-order valence-corrected chi connectivity index (χ4v) is 9.32. The molecule has 1 aromatic heterocycles. The van der Waals surface area contributed by atoms with Crippen LogP contribution in [0.25, 0.3) is 22.4 Å². The highest BCUT2D eigenvalue weighted by atomic mass is 19.1. The van der Waals surface area contributed by atoms with Gasteiger partial charge >= 0.3 is 6.01 Å². The van der Waals surface area contributed by atoms with E-state index in [9.17, 15) is 19.4 Å².